The summed E-state index contributed by atoms with van der Waals surface area (Å²) in [4.78, 5) is 18.5. The molecule has 11 heteroatoms. The van der Waals surface area contributed by atoms with Crippen molar-refractivity contribution in [3.63, 3.8) is 0 Å². The van der Waals surface area contributed by atoms with E-state index in [0.29, 0.717) is 47.2 Å². The van der Waals surface area contributed by atoms with Gasteiger partial charge in [0, 0.05) is 36.1 Å². The lowest BCUT2D eigenvalue weighted by Crippen LogP contribution is -2.32. The molecule has 1 aliphatic heterocycles. The van der Waals surface area contributed by atoms with Crippen LogP contribution in [0.4, 0.5) is 24.7 Å². The van der Waals surface area contributed by atoms with Crippen LogP contribution >= 0.6 is 11.6 Å². The number of rotatable bonds is 6. The molecular weight excluding hydrogens is 439 g/mol. The van der Waals surface area contributed by atoms with E-state index in [1.807, 2.05) is 4.90 Å². The van der Waals surface area contributed by atoms with Crippen LogP contribution in [0.25, 0.3) is 0 Å². The second-order valence-corrected chi connectivity index (χ2v) is 7.13. The van der Waals surface area contributed by atoms with E-state index in [0.717, 1.165) is 12.1 Å². The van der Waals surface area contributed by atoms with Crippen LogP contribution < -0.4 is 15.0 Å². The molecule has 3 rings (SSSR count). The molecule has 0 unspecified atom stereocenters. The molecule has 0 saturated heterocycles. The Morgan fingerprint density at radius 1 is 1.32 bits per heavy atom. The molecule has 1 aliphatic rings. The zero-order chi connectivity index (χ0) is 22.6. The minimum Gasteiger partial charge on any atom is -0.406 e. The van der Waals surface area contributed by atoms with Crippen molar-refractivity contribution >= 4 is 29.0 Å². The fourth-order valence-corrected chi connectivity index (χ4v) is 3.28. The van der Waals surface area contributed by atoms with Crippen molar-refractivity contribution in [2.75, 3.05) is 29.9 Å². The zero-order valence-electron chi connectivity index (χ0n) is 16.1. The lowest BCUT2D eigenvalue weighted by Gasteiger charge is -2.28. The van der Waals surface area contributed by atoms with Gasteiger partial charge in [0.1, 0.15) is 17.7 Å². The van der Waals surface area contributed by atoms with Crippen molar-refractivity contribution in [1.29, 1.82) is 0 Å². The number of amides is 1. The average Bonchev–Trinajstić information content (AvgIpc) is 2.73. The number of carbonyl (C=O) groups is 1. The molecule has 1 aromatic carbocycles. The van der Waals surface area contributed by atoms with E-state index in [1.54, 1.807) is 6.08 Å². The predicted molar refractivity (Wildman–Crippen MR) is 108 cm³/mol. The number of aliphatic hydroxyl groups excluding tert-OH is 2. The summed E-state index contributed by atoms with van der Waals surface area (Å²) < 4.78 is 40.4. The van der Waals surface area contributed by atoms with E-state index in [9.17, 15) is 23.1 Å². The maximum atomic E-state index is 12.4. The van der Waals surface area contributed by atoms with Crippen LogP contribution in [0.3, 0.4) is 0 Å². The first-order chi connectivity index (χ1) is 14.7. The Balaban J connectivity index is 1.60. The Kier molecular flexibility index (Phi) is 7.04. The van der Waals surface area contributed by atoms with Gasteiger partial charge in [0.25, 0.3) is 5.91 Å². The van der Waals surface area contributed by atoms with E-state index in [-0.39, 0.29) is 11.7 Å². The standard InChI is InChI=1S/C20H19ClF3N3O4/c21-16-9-13(17(29)11-28)10-25-18(16)27-7-5-12(6-8-27)19(30)26-14-1-3-15(4-2-14)31-20(22,23)24/h1-5,9-10,17,28-29H,6-8,11H2,(H,26,30)/t17-/m1/s1. The molecule has 0 aliphatic carbocycles. The molecule has 0 saturated carbocycles. The first-order valence-corrected chi connectivity index (χ1v) is 9.59. The monoisotopic (exact) mass is 457 g/mol. The van der Waals surface area contributed by atoms with Crippen molar-refractivity contribution in [2.45, 2.75) is 18.9 Å². The Hall–Kier alpha value is -2.82. The minimum atomic E-state index is -4.78. The number of halogens is 4. The highest BCUT2D eigenvalue weighted by Crippen LogP contribution is 2.29. The van der Waals surface area contributed by atoms with Gasteiger partial charge < -0.3 is 25.2 Å². The number of pyridine rings is 1. The lowest BCUT2D eigenvalue weighted by atomic mass is 10.1. The molecule has 0 radical (unpaired) electrons. The number of aliphatic hydroxyl groups is 2. The molecule has 1 aromatic heterocycles. The fourth-order valence-electron chi connectivity index (χ4n) is 2.98. The van der Waals surface area contributed by atoms with Crippen molar-refractivity contribution < 1.29 is 32.9 Å². The number of anilines is 2. The van der Waals surface area contributed by atoms with Gasteiger partial charge in [-0.3, -0.25) is 4.79 Å². The third-order valence-corrected chi connectivity index (χ3v) is 4.82. The van der Waals surface area contributed by atoms with Crippen molar-refractivity contribution in [3.8, 4) is 5.75 Å². The summed E-state index contributed by atoms with van der Waals surface area (Å²) in [6.45, 7) is 0.391. The van der Waals surface area contributed by atoms with E-state index in [1.165, 1.54) is 24.4 Å². The molecule has 7 nitrogen and oxygen atoms in total. The summed E-state index contributed by atoms with van der Waals surface area (Å²) in [6.07, 6.45) is -2.29. The van der Waals surface area contributed by atoms with Crippen LogP contribution in [0.5, 0.6) is 5.75 Å². The average molecular weight is 458 g/mol. The number of alkyl halides is 3. The van der Waals surface area contributed by atoms with Crippen LogP contribution in [-0.4, -0.2) is 47.2 Å². The topological polar surface area (TPSA) is 94.9 Å². The number of benzene rings is 1. The maximum Gasteiger partial charge on any atom is 0.573 e. The number of carbonyl (C=O) groups excluding carboxylic acids is 1. The van der Waals surface area contributed by atoms with Gasteiger partial charge in [-0.05, 0) is 36.8 Å². The summed E-state index contributed by atoms with van der Waals surface area (Å²) in [6, 6.07) is 6.40. The predicted octanol–water partition coefficient (Wildman–Crippen LogP) is 3.43. The SMILES string of the molecule is O=C(Nc1ccc(OC(F)(F)F)cc1)C1=CCN(c2ncc([C@H](O)CO)cc2Cl)CC1. The number of nitrogens with one attached hydrogen (secondary N) is 1. The molecule has 0 spiro atoms. The molecule has 3 N–H and O–H groups in total. The van der Waals surface area contributed by atoms with E-state index in [4.69, 9.17) is 16.7 Å². The fraction of sp³-hybridized carbons (Fsp3) is 0.300. The normalized spacial score (nSPS) is 15.3. The van der Waals surface area contributed by atoms with Crippen molar-refractivity contribution in [1.82, 2.24) is 4.98 Å². The molecule has 1 amide bonds. The highest BCUT2D eigenvalue weighted by molar-refractivity contribution is 6.33. The molecule has 31 heavy (non-hydrogen) atoms. The van der Waals surface area contributed by atoms with E-state index < -0.39 is 19.1 Å². The van der Waals surface area contributed by atoms with E-state index >= 15 is 0 Å². The maximum absolute atomic E-state index is 12.4. The zero-order valence-corrected chi connectivity index (χ0v) is 16.8. The largest absolute Gasteiger partial charge is 0.573 e. The van der Waals surface area contributed by atoms with Gasteiger partial charge in [-0.15, -0.1) is 13.2 Å². The minimum absolute atomic E-state index is 0.312. The van der Waals surface area contributed by atoms with Gasteiger partial charge in [-0.25, -0.2) is 4.98 Å². The number of aromatic nitrogens is 1. The molecule has 166 valence electrons. The quantitative estimate of drug-likeness (QED) is 0.615. The molecule has 2 heterocycles. The second kappa shape index (κ2) is 9.54. The molecule has 0 bridgehead atoms. The van der Waals surface area contributed by atoms with Crippen LogP contribution in [0.15, 0.2) is 48.2 Å². The van der Waals surface area contributed by atoms with Crippen molar-refractivity contribution in [3.05, 3.63) is 58.8 Å². The summed E-state index contributed by atoms with van der Waals surface area (Å²) in [5, 5.41) is 21.6. The molecule has 0 fully saturated rings. The first-order valence-electron chi connectivity index (χ1n) is 9.22. The summed E-state index contributed by atoms with van der Waals surface area (Å²) >= 11 is 6.25. The van der Waals surface area contributed by atoms with Gasteiger partial charge >= 0.3 is 6.36 Å². The Morgan fingerprint density at radius 2 is 2.03 bits per heavy atom. The molecule has 1 atom stereocenters. The third-order valence-electron chi connectivity index (χ3n) is 4.55. The van der Waals surface area contributed by atoms with Crippen LogP contribution in [0.1, 0.15) is 18.1 Å². The number of nitrogens with zero attached hydrogens (tertiary/aromatic N) is 2. The summed E-state index contributed by atoms with van der Waals surface area (Å²) in [7, 11) is 0. The van der Waals surface area contributed by atoms with Gasteiger partial charge in [-0.1, -0.05) is 17.7 Å². The van der Waals surface area contributed by atoms with Crippen LogP contribution in [-0.2, 0) is 4.79 Å². The summed E-state index contributed by atoms with van der Waals surface area (Å²) in [5.74, 6) is -0.240. The number of ether oxygens (including phenoxy) is 1. The first kappa shape index (κ1) is 22.9. The Morgan fingerprint density at radius 3 is 2.58 bits per heavy atom. The third kappa shape index (κ3) is 6.09. The highest BCUT2D eigenvalue weighted by Gasteiger charge is 2.31. The van der Waals surface area contributed by atoms with Gasteiger partial charge in [0.05, 0.1) is 11.6 Å². The van der Waals surface area contributed by atoms with Gasteiger partial charge in [0.2, 0.25) is 0 Å². The number of hydrogen-bond donors (Lipinski definition) is 3. The second-order valence-electron chi connectivity index (χ2n) is 6.72. The molecular formula is C20H19ClF3N3O4. The molecule has 2 aromatic rings. The lowest BCUT2D eigenvalue weighted by molar-refractivity contribution is -0.274. The Labute approximate surface area is 180 Å². The van der Waals surface area contributed by atoms with Crippen molar-refractivity contribution in [2.24, 2.45) is 0 Å². The smallest absolute Gasteiger partial charge is 0.406 e. The van der Waals surface area contributed by atoms with Crippen LogP contribution in [0.2, 0.25) is 5.02 Å². The van der Waals surface area contributed by atoms with Gasteiger partial charge in [-0.2, -0.15) is 0 Å². The Bertz CT molecular complexity index is 967. The van der Waals surface area contributed by atoms with Gasteiger partial charge in [0.15, 0.2) is 0 Å². The number of hydrogen-bond acceptors (Lipinski definition) is 6. The highest BCUT2D eigenvalue weighted by atomic mass is 35.5. The van der Waals surface area contributed by atoms with Crippen LogP contribution in [0, 0.1) is 0 Å². The van der Waals surface area contributed by atoms with E-state index in [2.05, 4.69) is 15.0 Å². The summed E-state index contributed by atoms with van der Waals surface area (Å²) in [5.41, 5.74) is 1.26.